The summed E-state index contributed by atoms with van der Waals surface area (Å²) in [6.07, 6.45) is 4.18. The van der Waals surface area contributed by atoms with Crippen LogP contribution in [0.3, 0.4) is 0 Å². The Morgan fingerprint density at radius 3 is 2.85 bits per heavy atom. The third-order valence-corrected chi connectivity index (χ3v) is 4.80. The van der Waals surface area contributed by atoms with E-state index in [1.807, 2.05) is 6.07 Å². The molecular formula is C16H21NO3. The molecule has 0 unspecified atom stereocenters. The third kappa shape index (κ3) is 2.13. The first-order chi connectivity index (χ1) is 9.71. The number of nitrogens with one attached hydrogen (secondary N) is 1. The van der Waals surface area contributed by atoms with Gasteiger partial charge in [-0.3, -0.25) is 4.79 Å². The zero-order chi connectivity index (χ0) is 14.2. The van der Waals surface area contributed by atoms with Crippen molar-refractivity contribution in [3.63, 3.8) is 0 Å². The highest BCUT2D eigenvalue weighted by atomic mass is 16.3. The number of benzene rings is 1. The van der Waals surface area contributed by atoms with Crippen molar-refractivity contribution in [1.29, 1.82) is 0 Å². The highest BCUT2D eigenvalue weighted by molar-refractivity contribution is 5.85. The van der Waals surface area contributed by atoms with Gasteiger partial charge >= 0.3 is 0 Å². The van der Waals surface area contributed by atoms with Gasteiger partial charge in [-0.15, -0.1) is 0 Å². The minimum absolute atomic E-state index is 0.00832. The lowest BCUT2D eigenvalue weighted by Crippen LogP contribution is -2.42. The van der Waals surface area contributed by atoms with Crippen LogP contribution in [0.1, 0.15) is 30.4 Å². The van der Waals surface area contributed by atoms with Crippen LogP contribution in [-0.4, -0.2) is 35.4 Å². The van der Waals surface area contributed by atoms with Gasteiger partial charge in [0.05, 0.1) is 19.3 Å². The van der Waals surface area contributed by atoms with Gasteiger partial charge in [0.15, 0.2) is 0 Å². The van der Waals surface area contributed by atoms with E-state index in [4.69, 9.17) is 10.2 Å². The highest BCUT2D eigenvalue weighted by Gasteiger charge is 2.60. The fraction of sp³-hybridized carbons (Fsp3) is 0.562. The molecule has 0 saturated heterocycles. The minimum Gasteiger partial charge on any atom is -0.394 e. The molecule has 108 valence electrons. The first-order valence-electron chi connectivity index (χ1n) is 7.32. The fourth-order valence-electron chi connectivity index (χ4n) is 3.63. The van der Waals surface area contributed by atoms with Crippen molar-refractivity contribution >= 4 is 5.91 Å². The van der Waals surface area contributed by atoms with Gasteiger partial charge in [-0.2, -0.15) is 0 Å². The van der Waals surface area contributed by atoms with Gasteiger partial charge in [0.1, 0.15) is 0 Å². The van der Waals surface area contributed by atoms with Gasteiger partial charge in [-0.25, -0.2) is 0 Å². The number of hydrogen-bond acceptors (Lipinski definition) is 3. The van der Waals surface area contributed by atoms with E-state index in [1.165, 1.54) is 11.1 Å². The van der Waals surface area contributed by atoms with Crippen LogP contribution < -0.4 is 5.32 Å². The van der Waals surface area contributed by atoms with Gasteiger partial charge in [0.25, 0.3) is 0 Å². The Kier molecular flexibility index (Phi) is 3.52. The van der Waals surface area contributed by atoms with E-state index < -0.39 is 6.04 Å². The molecular weight excluding hydrogens is 254 g/mol. The molecule has 0 radical (unpaired) electrons. The average Bonchev–Trinajstić information content (AvgIpc) is 3.20. The lowest BCUT2D eigenvalue weighted by molar-refractivity contribution is -0.124. The summed E-state index contributed by atoms with van der Waals surface area (Å²) in [5, 5.41) is 20.9. The zero-order valence-corrected chi connectivity index (χ0v) is 11.5. The zero-order valence-electron chi connectivity index (χ0n) is 11.5. The Hall–Kier alpha value is -1.39. The van der Waals surface area contributed by atoms with E-state index in [0.29, 0.717) is 0 Å². The summed E-state index contributed by atoms with van der Waals surface area (Å²) in [6.45, 7) is -0.447. The summed E-state index contributed by atoms with van der Waals surface area (Å²) < 4.78 is 0. The number of carbonyl (C=O) groups is 1. The van der Waals surface area contributed by atoms with E-state index in [2.05, 4.69) is 23.5 Å². The molecule has 3 rings (SSSR count). The minimum atomic E-state index is -0.543. The van der Waals surface area contributed by atoms with Crippen LogP contribution in [0.15, 0.2) is 24.3 Å². The van der Waals surface area contributed by atoms with Crippen molar-refractivity contribution < 1.29 is 15.0 Å². The third-order valence-electron chi connectivity index (χ3n) is 4.80. The summed E-state index contributed by atoms with van der Waals surface area (Å²) in [7, 11) is 0. The fourth-order valence-corrected chi connectivity index (χ4v) is 3.63. The maximum atomic E-state index is 12.3. The topological polar surface area (TPSA) is 69.6 Å². The molecule has 2 aliphatic rings. The van der Waals surface area contributed by atoms with Gasteiger partial charge in [-0.05, 0) is 36.8 Å². The van der Waals surface area contributed by atoms with Crippen LogP contribution in [0.25, 0.3) is 0 Å². The Labute approximate surface area is 118 Å². The number of hydrogen-bond donors (Lipinski definition) is 3. The molecule has 20 heavy (non-hydrogen) atoms. The van der Waals surface area contributed by atoms with Crippen molar-refractivity contribution in [1.82, 2.24) is 5.32 Å². The van der Waals surface area contributed by atoms with Gasteiger partial charge in [-0.1, -0.05) is 24.3 Å². The molecule has 2 aliphatic carbocycles. The van der Waals surface area contributed by atoms with Crippen molar-refractivity contribution in [3.8, 4) is 0 Å². The number of fused-ring (bicyclic) bond motifs is 2. The van der Waals surface area contributed by atoms with E-state index >= 15 is 0 Å². The van der Waals surface area contributed by atoms with Crippen LogP contribution in [0, 0.1) is 5.92 Å². The maximum Gasteiger partial charge on any atom is 0.224 e. The standard InChI is InChI=1S/C16H21NO3/c18-9-12(10-19)17-15(20)14-8-16(14)7-3-5-11-4-1-2-6-13(11)16/h1-2,4,6,12,14,18-19H,3,5,7-10H2,(H,17,20)/t14-,16-/m0/s1. The number of rotatable bonds is 4. The summed E-state index contributed by atoms with van der Waals surface area (Å²) in [4.78, 5) is 12.3. The van der Waals surface area contributed by atoms with Crippen LogP contribution in [0.4, 0.5) is 0 Å². The lowest BCUT2D eigenvalue weighted by Gasteiger charge is -2.26. The molecule has 4 nitrogen and oxygen atoms in total. The quantitative estimate of drug-likeness (QED) is 0.759. The summed E-state index contributed by atoms with van der Waals surface area (Å²) >= 11 is 0. The van der Waals surface area contributed by atoms with Crippen LogP contribution in [0.5, 0.6) is 0 Å². The molecule has 0 heterocycles. The molecule has 0 aromatic heterocycles. The first-order valence-corrected chi connectivity index (χ1v) is 7.32. The smallest absolute Gasteiger partial charge is 0.224 e. The second kappa shape index (κ2) is 5.19. The van der Waals surface area contributed by atoms with E-state index in [-0.39, 0.29) is 30.5 Å². The maximum absolute atomic E-state index is 12.3. The molecule has 0 aliphatic heterocycles. The Balaban J connectivity index is 1.76. The summed E-state index contributed by atoms with van der Waals surface area (Å²) in [5.74, 6) is -0.0423. The number of aliphatic hydroxyl groups excluding tert-OH is 2. The Bertz CT molecular complexity index is 512. The lowest BCUT2D eigenvalue weighted by atomic mass is 9.78. The normalized spacial score (nSPS) is 27.4. The second-order valence-corrected chi connectivity index (χ2v) is 5.99. The van der Waals surface area contributed by atoms with Crippen LogP contribution in [-0.2, 0) is 16.6 Å². The van der Waals surface area contributed by atoms with Crippen molar-refractivity contribution in [2.75, 3.05) is 13.2 Å². The largest absolute Gasteiger partial charge is 0.394 e. The monoisotopic (exact) mass is 275 g/mol. The van der Waals surface area contributed by atoms with E-state index in [9.17, 15) is 4.79 Å². The van der Waals surface area contributed by atoms with E-state index in [0.717, 1.165) is 25.7 Å². The number of aliphatic hydroxyl groups is 2. The van der Waals surface area contributed by atoms with Gasteiger partial charge < -0.3 is 15.5 Å². The first kappa shape index (κ1) is 13.6. The van der Waals surface area contributed by atoms with Crippen molar-refractivity contribution in [3.05, 3.63) is 35.4 Å². The van der Waals surface area contributed by atoms with E-state index in [1.54, 1.807) is 0 Å². The summed E-state index contributed by atoms with van der Waals surface area (Å²) in [5.41, 5.74) is 2.71. The number of amides is 1. The predicted molar refractivity (Wildman–Crippen MR) is 75.3 cm³/mol. The van der Waals surface area contributed by atoms with Gasteiger partial charge in [0, 0.05) is 11.3 Å². The molecule has 1 spiro atoms. The number of aryl methyl sites for hydroxylation is 1. The number of carbonyl (C=O) groups excluding carboxylic acids is 1. The van der Waals surface area contributed by atoms with Crippen LogP contribution >= 0.6 is 0 Å². The van der Waals surface area contributed by atoms with Crippen molar-refractivity contribution in [2.24, 2.45) is 5.92 Å². The molecule has 2 atom stereocenters. The molecule has 1 fully saturated rings. The predicted octanol–water partition coefficient (Wildman–Crippen LogP) is 0.750. The Morgan fingerprint density at radius 2 is 2.10 bits per heavy atom. The molecule has 1 saturated carbocycles. The molecule has 1 amide bonds. The molecule has 1 aromatic carbocycles. The Morgan fingerprint density at radius 1 is 1.35 bits per heavy atom. The van der Waals surface area contributed by atoms with Gasteiger partial charge in [0.2, 0.25) is 5.91 Å². The van der Waals surface area contributed by atoms with Crippen LogP contribution in [0.2, 0.25) is 0 Å². The highest BCUT2D eigenvalue weighted by Crippen LogP contribution is 2.60. The second-order valence-electron chi connectivity index (χ2n) is 5.99. The summed E-state index contributed by atoms with van der Waals surface area (Å²) in [6, 6.07) is 7.87. The molecule has 3 N–H and O–H groups in total. The van der Waals surface area contributed by atoms with Crippen molar-refractivity contribution in [2.45, 2.75) is 37.1 Å². The molecule has 0 bridgehead atoms. The molecule has 1 aromatic rings. The SMILES string of the molecule is O=C(NC(CO)CO)[C@@H]1C[C@]12CCCc1ccccc12. The average molecular weight is 275 g/mol. The molecule has 4 heteroatoms.